The maximum absolute atomic E-state index is 11.8. The van der Waals surface area contributed by atoms with Gasteiger partial charge in [0, 0.05) is 12.3 Å². The lowest BCUT2D eigenvalue weighted by Gasteiger charge is -2.13. The molecule has 0 radical (unpaired) electrons. The monoisotopic (exact) mass is 276 g/mol. The van der Waals surface area contributed by atoms with Crippen LogP contribution < -0.4 is 15.8 Å². The maximum atomic E-state index is 11.8. The lowest BCUT2D eigenvalue weighted by molar-refractivity contribution is -0.118. The molecule has 1 amide bonds. The molecule has 2 fully saturated rings. The molecule has 0 aromatic heterocycles. The highest BCUT2D eigenvalue weighted by molar-refractivity contribution is 6.00. The van der Waals surface area contributed by atoms with Crippen molar-refractivity contribution in [1.29, 1.82) is 0 Å². The summed E-state index contributed by atoms with van der Waals surface area (Å²) in [4.78, 5) is 11.8. The molecule has 5 nitrogen and oxygen atoms in total. The van der Waals surface area contributed by atoms with Crippen LogP contribution in [0, 0.1) is 0 Å². The molecular weight excluding hydrogens is 256 g/mol. The number of carbonyl (C=O) groups excluding carboxylic acids is 1. The van der Waals surface area contributed by atoms with Gasteiger partial charge in [0.15, 0.2) is 0 Å². The van der Waals surface area contributed by atoms with Gasteiger partial charge in [0.05, 0.1) is 11.6 Å². The number of nitrogens with one attached hydrogen (secondary N) is 1. The fourth-order valence-corrected chi connectivity index (χ4v) is 2.22. The Bertz CT molecular complexity index is 476. The minimum absolute atomic E-state index is 0.106. The minimum Gasteiger partial charge on any atom is -0.491 e. The van der Waals surface area contributed by atoms with E-state index in [2.05, 4.69) is 5.32 Å². The molecule has 2 aliphatic rings. The molecule has 1 aromatic rings. The van der Waals surface area contributed by atoms with E-state index in [-0.39, 0.29) is 12.0 Å². The van der Waals surface area contributed by atoms with Gasteiger partial charge in [-0.2, -0.15) is 0 Å². The molecule has 20 heavy (non-hydrogen) atoms. The average Bonchev–Trinajstić information content (AvgIpc) is 3.01. The molecule has 3 N–H and O–H groups in total. The first-order valence-corrected chi connectivity index (χ1v) is 7.10. The van der Waals surface area contributed by atoms with E-state index >= 15 is 0 Å². The van der Waals surface area contributed by atoms with E-state index in [1.54, 1.807) is 0 Å². The molecule has 1 aliphatic carbocycles. The molecule has 1 saturated heterocycles. The van der Waals surface area contributed by atoms with Crippen LogP contribution in [0.1, 0.15) is 25.7 Å². The fourth-order valence-electron chi connectivity index (χ4n) is 2.22. The highest BCUT2D eigenvalue weighted by Crippen LogP contribution is 2.33. The Morgan fingerprint density at radius 2 is 2.15 bits per heavy atom. The zero-order valence-corrected chi connectivity index (χ0v) is 11.4. The predicted molar refractivity (Wildman–Crippen MR) is 75.7 cm³/mol. The maximum Gasteiger partial charge on any atom is 0.244 e. The predicted octanol–water partition coefficient (Wildman–Crippen LogP) is 1.67. The molecule has 3 rings (SSSR count). The zero-order valence-electron chi connectivity index (χ0n) is 11.4. The van der Waals surface area contributed by atoms with Crippen molar-refractivity contribution < 1.29 is 14.3 Å². The molecule has 1 atom stereocenters. The largest absolute Gasteiger partial charge is 0.491 e. The Morgan fingerprint density at radius 3 is 2.75 bits per heavy atom. The lowest BCUT2D eigenvalue weighted by Crippen LogP contribution is -2.37. The van der Waals surface area contributed by atoms with Crippen molar-refractivity contribution in [3.8, 4) is 5.75 Å². The Kier molecular flexibility index (Phi) is 3.63. The molecule has 1 heterocycles. The van der Waals surface area contributed by atoms with Gasteiger partial charge in [-0.15, -0.1) is 0 Å². The average molecular weight is 276 g/mol. The Morgan fingerprint density at radius 1 is 1.40 bits per heavy atom. The van der Waals surface area contributed by atoms with Crippen molar-refractivity contribution in [2.24, 2.45) is 5.73 Å². The first-order chi connectivity index (χ1) is 9.66. The summed E-state index contributed by atoms with van der Waals surface area (Å²) in [6.45, 7) is 1.41. The normalized spacial score (nSPS) is 23.4. The summed E-state index contributed by atoms with van der Waals surface area (Å²) in [5.74, 6) is 0.679. The van der Waals surface area contributed by atoms with Crippen LogP contribution >= 0.6 is 0 Å². The van der Waals surface area contributed by atoms with Gasteiger partial charge in [0.1, 0.15) is 12.4 Å². The number of anilines is 1. The van der Waals surface area contributed by atoms with Crippen molar-refractivity contribution in [2.75, 3.05) is 18.5 Å². The van der Waals surface area contributed by atoms with Gasteiger partial charge in [-0.25, -0.2) is 0 Å². The third kappa shape index (κ3) is 3.11. The smallest absolute Gasteiger partial charge is 0.244 e. The lowest BCUT2D eigenvalue weighted by atomic mass is 10.2. The van der Waals surface area contributed by atoms with Crippen LogP contribution in [0.2, 0.25) is 0 Å². The summed E-state index contributed by atoms with van der Waals surface area (Å²) in [7, 11) is 0. The summed E-state index contributed by atoms with van der Waals surface area (Å²) >= 11 is 0. The SMILES string of the molecule is NC1(C(=O)Nc2ccc(OCC3CCCO3)cc2)CC1. The van der Waals surface area contributed by atoms with Gasteiger partial charge in [-0.1, -0.05) is 0 Å². The van der Waals surface area contributed by atoms with Crippen LogP contribution in [0.5, 0.6) is 5.75 Å². The number of rotatable bonds is 5. The molecule has 0 bridgehead atoms. The Hall–Kier alpha value is -1.59. The summed E-state index contributed by atoms with van der Waals surface area (Å²) in [5.41, 5.74) is 5.94. The summed E-state index contributed by atoms with van der Waals surface area (Å²) in [5, 5.41) is 2.82. The fraction of sp³-hybridized carbons (Fsp3) is 0.533. The zero-order chi connectivity index (χ0) is 14.0. The van der Waals surface area contributed by atoms with Crippen molar-refractivity contribution in [3.05, 3.63) is 24.3 Å². The second-order valence-corrected chi connectivity index (χ2v) is 5.58. The number of benzene rings is 1. The van der Waals surface area contributed by atoms with E-state index in [9.17, 15) is 4.79 Å². The molecule has 1 aromatic carbocycles. The van der Waals surface area contributed by atoms with Crippen molar-refractivity contribution >= 4 is 11.6 Å². The van der Waals surface area contributed by atoms with Crippen LogP contribution in [-0.4, -0.2) is 30.8 Å². The van der Waals surface area contributed by atoms with E-state index in [1.807, 2.05) is 24.3 Å². The van der Waals surface area contributed by atoms with Gasteiger partial charge < -0.3 is 20.5 Å². The molecule has 1 aliphatic heterocycles. The highest BCUT2D eigenvalue weighted by Gasteiger charge is 2.45. The van der Waals surface area contributed by atoms with E-state index in [4.69, 9.17) is 15.2 Å². The Balaban J connectivity index is 1.50. The van der Waals surface area contributed by atoms with Crippen LogP contribution in [0.4, 0.5) is 5.69 Å². The van der Waals surface area contributed by atoms with E-state index in [0.29, 0.717) is 6.61 Å². The third-order valence-corrected chi connectivity index (χ3v) is 3.81. The number of ether oxygens (including phenoxy) is 2. The molecule has 108 valence electrons. The molecule has 1 unspecified atom stereocenters. The van der Waals surface area contributed by atoms with Crippen molar-refractivity contribution in [3.63, 3.8) is 0 Å². The van der Waals surface area contributed by atoms with Crippen molar-refractivity contribution in [1.82, 2.24) is 0 Å². The molecule has 1 saturated carbocycles. The van der Waals surface area contributed by atoms with Gasteiger partial charge in [-0.05, 0) is 49.9 Å². The second kappa shape index (κ2) is 5.42. The minimum atomic E-state index is -0.644. The van der Waals surface area contributed by atoms with Gasteiger partial charge in [0.2, 0.25) is 5.91 Å². The molecule has 0 spiro atoms. The van der Waals surface area contributed by atoms with E-state index in [0.717, 1.165) is 43.7 Å². The van der Waals surface area contributed by atoms with Gasteiger partial charge >= 0.3 is 0 Å². The number of carbonyl (C=O) groups is 1. The quantitative estimate of drug-likeness (QED) is 0.858. The first kappa shape index (κ1) is 13.4. The van der Waals surface area contributed by atoms with E-state index in [1.165, 1.54) is 0 Å². The van der Waals surface area contributed by atoms with Gasteiger partial charge in [-0.3, -0.25) is 4.79 Å². The summed E-state index contributed by atoms with van der Waals surface area (Å²) < 4.78 is 11.2. The highest BCUT2D eigenvalue weighted by atomic mass is 16.5. The van der Waals surface area contributed by atoms with Crippen LogP contribution in [0.25, 0.3) is 0 Å². The molecular formula is C15H20N2O3. The third-order valence-electron chi connectivity index (χ3n) is 3.81. The van der Waals surface area contributed by atoms with Crippen LogP contribution in [-0.2, 0) is 9.53 Å². The van der Waals surface area contributed by atoms with Gasteiger partial charge in [0.25, 0.3) is 0 Å². The van der Waals surface area contributed by atoms with E-state index < -0.39 is 5.54 Å². The first-order valence-electron chi connectivity index (χ1n) is 7.10. The topological polar surface area (TPSA) is 73.6 Å². The summed E-state index contributed by atoms with van der Waals surface area (Å²) in [6.07, 6.45) is 3.91. The Labute approximate surface area is 118 Å². The van der Waals surface area contributed by atoms with Crippen LogP contribution in [0.3, 0.4) is 0 Å². The number of nitrogens with two attached hydrogens (primary N) is 1. The second-order valence-electron chi connectivity index (χ2n) is 5.58. The molecule has 5 heteroatoms. The number of amides is 1. The van der Waals surface area contributed by atoms with Crippen molar-refractivity contribution in [2.45, 2.75) is 37.3 Å². The van der Waals surface area contributed by atoms with Crippen LogP contribution in [0.15, 0.2) is 24.3 Å². The number of hydrogen-bond acceptors (Lipinski definition) is 4. The number of hydrogen-bond donors (Lipinski definition) is 2. The standard InChI is InChI=1S/C15H20N2O3/c16-15(7-8-15)14(18)17-11-3-5-12(6-4-11)20-10-13-2-1-9-19-13/h3-6,13H,1-2,7-10,16H2,(H,17,18). The summed E-state index contributed by atoms with van der Waals surface area (Å²) in [6, 6.07) is 7.35.